The number of amides is 2. The molecule has 0 spiro atoms. The number of carbonyl (C=O) groups is 2. The monoisotopic (exact) mass is 546 g/mol. The van der Waals surface area contributed by atoms with E-state index in [-0.39, 0.29) is 11.8 Å². The van der Waals surface area contributed by atoms with Gasteiger partial charge in [0.1, 0.15) is 11.5 Å². The third-order valence-electron chi connectivity index (χ3n) is 7.31. The predicted molar refractivity (Wildman–Crippen MR) is 153 cm³/mol. The van der Waals surface area contributed by atoms with Crippen molar-refractivity contribution >= 4 is 34.7 Å². The standard InChI is InChI=1S/C30H34N4O4S/c35-29(31-22-10-11-22)26-20-21-12-14-34(25-8-2-1-6-23(25)28(21)39-26)30(36)24-7-3-9-27(32-24)33-13-4-16-37-17-5-18-38-19-15-33/h1-3,6-9,20,22H,4-5,10-19H2,(H,31,35). The zero-order chi connectivity index (χ0) is 26.6. The van der Waals surface area contributed by atoms with E-state index in [0.717, 1.165) is 71.2 Å². The zero-order valence-electron chi connectivity index (χ0n) is 22.1. The van der Waals surface area contributed by atoms with E-state index in [9.17, 15) is 9.59 Å². The Balaban J connectivity index is 1.25. The summed E-state index contributed by atoms with van der Waals surface area (Å²) in [5.41, 5.74) is 3.36. The molecule has 9 heteroatoms. The van der Waals surface area contributed by atoms with E-state index in [2.05, 4.69) is 10.2 Å². The van der Waals surface area contributed by atoms with Gasteiger partial charge in [-0.05, 0) is 61.9 Å². The number of carbonyl (C=O) groups excluding carboxylic acids is 2. The fourth-order valence-corrected chi connectivity index (χ4v) is 6.25. The van der Waals surface area contributed by atoms with Crippen molar-refractivity contribution < 1.29 is 19.1 Å². The molecule has 3 aromatic rings. The highest BCUT2D eigenvalue weighted by atomic mass is 32.1. The quantitative estimate of drug-likeness (QED) is 0.518. The molecular weight excluding hydrogens is 512 g/mol. The van der Waals surface area contributed by atoms with Crippen LogP contribution in [0.5, 0.6) is 0 Å². The van der Waals surface area contributed by atoms with Crippen molar-refractivity contribution in [2.75, 3.05) is 55.9 Å². The summed E-state index contributed by atoms with van der Waals surface area (Å²) in [5.74, 6) is 0.658. The Hall–Kier alpha value is -3.27. The first-order valence-corrected chi connectivity index (χ1v) is 14.7. The van der Waals surface area contributed by atoms with E-state index in [4.69, 9.17) is 14.5 Å². The summed E-state index contributed by atoms with van der Waals surface area (Å²) < 4.78 is 11.4. The van der Waals surface area contributed by atoms with Crippen LogP contribution in [0.25, 0.3) is 10.4 Å². The van der Waals surface area contributed by atoms with Gasteiger partial charge in [-0.3, -0.25) is 9.59 Å². The van der Waals surface area contributed by atoms with Crippen LogP contribution < -0.4 is 15.1 Å². The van der Waals surface area contributed by atoms with Gasteiger partial charge in [0, 0.05) is 55.9 Å². The first-order valence-electron chi connectivity index (χ1n) is 13.9. The van der Waals surface area contributed by atoms with Crippen LogP contribution in [-0.4, -0.2) is 68.9 Å². The maximum absolute atomic E-state index is 13.9. The van der Waals surface area contributed by atoms with Crippen LogP contribution in [0.3, 0.4) is 0 Å². The number of rotatable bonds is 4. The number of anilines is 2. The molecule has 0 atom stereocenters. The first-order chi connectivity index (χ1) is 19.2. The second kappa shape index (κ2) is 11.9. The van der Waals surface area contributed by atoms with Gasteiger partial charge in [0.25, 0.3) is 11.8 Å². The summed E-state index contributed by atoms with van der Waals surface area (Å²) in [6.45, 7) is 4.75. The molecule has 1 N–H and O–H groups in total. The number of benzene rings is 1. The molecule has 0 unspecified atom stereocenters. The van der Waals surface area contributed by atoms with Crippen LogP contribution in [0.4, 0.5) is 11.5 Å². The SMILES string of the molecule is O=C(NC1CC1)c1cc2c(s1)-c1ccccc1N(C(=O)c1cccc(N3CCCOCCCOCC3)n1)CC2. The van der Waals surface area contributed by atoms with Crippen molar-refractivity contribution in [3.8, 4) is 10.4 Å². The van der Waals surface area contributed by atoms with Gasteiger partial charge in [-0.1, -0.05) is 24.3 Å². The van der Waals surface area contributed by atoms with Crippen molar-refractivity contribution in [1.29, 1.82) is 0 Å². The number of hydrogen-bond donors (Lipinski definition) is 1. The van der Waals surface area contributed by atoms with E-state index < -0.39 is 0 Å². The Morgan fingerprint density at radius 3 is 2.62 bits per heavy atom. The molecule has 6 rings (SSSR count). The molecule has 2 aliphatic heterocycles. The lowest BCUT2D eigenvalue weighted by Crippen LogP contribution is -2.34. The number of pyridine rings is 1. The Morgan fingerprint density at radius 1 is 0.923 bits per heavy atom. The molecule has 3 aliphatic rings. The molecule has 1 saturated carbocycles. The minimum Gasteiger partial charge on any atom is -0.381 e. The Bertz CT molecular complexity index is 1330. The van der Waals surface area contributed by atoms with Crippen molar-refractivity contribution in [2.24, 2.45) is 0 Å². The van der Waals surface area contributed by atoms with Crippen LogP contribution >= 0.6 is 11.3 Å². The van der Waals surface area contributed by atoms with Gasteiger partial charge in [-0.2, -0.15) is 0 Å². The fourth-order valence-electron chi connectivity index (χ4n) is 5.10. The van der Waals surface area contributed by atoms with Crippen molar-refractivity contribution in [3.05, 3.63) is 64.7 Å². The number of nitrogens with one attached hydrogen (secondary N) is 1. The zero-order valence-corrected chi connectivity index (χ0v) is 22.9. The second-order valence-electron chi connectivity index (χ2n) is 10.2. The van der Waals surface area contributed by atoms with E-state index >= 15 is 0 Å². The molecule has 39 heavy (non-hydrogen) atoms. The molecule has 1 saturated heterocycles. The van der Waals surface area contributed by atoms with Crippen LogP contribution in [0, 0.1) is 0 Å². The number of para-hydroxylation sites is 1. The maximum atomic E-state index is 13.9. The third kappa shape index (κ3) is 6.00. The molecular formula is C30H34N4O4S. The normalized spacial score (nSPS) is 18.4. The van der Waals surface area contributed by atoms with Gasteiger partial charge >= 0.3 is 0 Å². The summed E-state index contributed by atoms with van der Waals surface area (Å²) in [6, 6.07) is 16.0. The fraction of sp³-hybridized carbons (Fsp3) is 0.433. The second-order valence-corrected chi connectivity index (χ2v) is 11.3. The molecule has 1 aromatic carbocycles. The van der Waals surface area contributed by atoms with Gasteiger partial charge < -0.3 is 24.6 Å². The van der Waals surface area contributed by atoms with E-state index in [0.29, 0.717) is 51.1 Å². The van der Waals surface area contributed by atoms with Gasteiger partial charge in [-0.25, -0.2) is 4.98 Å². The topological polar surface area (TPSA) is 84.0 Å². The van der Waals surface area contributed by atoms with Gasteiger partial charge in [0.2, 0.25) is 0 Å². The van der Waals surface area contributed by atoms with Crippen LogP contribution in [0.15, 0.2) is 48.5 Å². The smallest absolute Gasteiger partial charge is 0.276 e. The Morgan fingerprint density at radius 2 is 1.74 bits per heavy atom. The van der Waals surface area contributed by atoms with Crippen LogP contribution in [-0.2, 0) is 15.9 Å². The van der Waals surface area contributed by atoms with E-state index in [1.807, 2.05) is 47.4 Å². The highest BCUT2D eigenvalue weighted by molar-refractivity contribution is 7.17. The van der Waals surface area contributed by atoms with Crippen molar-refractivity contribution in [2.45, 2.75) is 38.1 Å². The minimum absolute atomic E-state index is 0.00475. The molecule has 2 amide bonds. The van der Waals surface area contributed by atoms with Crippen LogP contribution in [0.2, 0.25) is 0 Å². The largest absolute Gasteiger partial charge is 0.381 e. The number of nitrogens with zero attached hydrogens (tertiary/aromatic N) is 3. The summed E-state index contributed by atoms with van der Waals surface area (Å²) in [5, 5.41) is 3.10. The summed E-state index contributed by atoms with van der Waals surface area (Å²) in [7, 11) is 0. The molecule has 2 fully saturated rings. The summed E-state index contributed by atoms with van der Waals surface area (Å²) in [4.78, 5) is 37.3. The first kappa shape index (κ1) is 26.0. The molecule has 4 heterocycles. The highest BCUT2D eigenvalue weighted by Gasteiger charge is 2.30. The number of thiophene rings is 1. The van der Waals surface area contributed by atoms with Gasteiger partial charge in [-0.15, -0.1) is 11.3 Å². The molecule has 0 bridgehead atoms. The molecule has 1 aliphatic carbocycles. The Kier molecular flexibility index (Phi) is 7.90. The van der Waals surface area contributed by atoms with Crippen molar-refractivity contribution in [3.63, 3.8) is 0 Å². The third-order valence-corrected chi connectivity index (χ3v) is 8.52. The maximum Gasteiger partial charge on any atom is 0.276 e. The summed E-state index contributed by atoms with van der Waals surface area (Å²) in [6.07, 6.45) is 4.59. The Labute approximate surface area is 232 Å². The number of aromatic nitrogens is 1. The van der Waals surface area contributed by atoms with Crippen LogP contribution in [0.1, 0.15) is 51.4 Å². The average molecular weight is 547 g/mol. The lowest BCUT2D eigenvalue weighted by atomic mass is 10.1. The lowest BCUT2D eigenvalue weighted by Gasteiger charge is -2.25. The molecule has 0 radical (unpaired) electrons. The lowest BCUT2D eigenvalue weighted by molar-refractivity contribution is 0.0900. The average Bonchev–Trinajstić information content (AvgIpc) is 3.71. The van der Waals surface area contributed by atoms with Gasteiger partial charge in [0.05, 0.1) is 17.2 Å². The predicted octanol–water partition coefficient (Wildman–Crippen LogP) is 4.54. The van der Waals surface area contributed by atoms with E-state index in [1.165, 1.54) is 11.3 Å². The molecule has 8 nitrogen and oxygen atoms in total. The molecule has 2 aromatic heterocycles. The van der Waals surface area contributed by atoms with E-state index in [1.54, 1.807) is 6.07 Å². The number of fused-ring (bicyclic) bond motifs is 3. The van der Waals surface area contributed by atoms with Crippen molar-refractivity contribution in [1.82, 2.24) is 10.3 Å². The minimum atomic E-state index is -0.122. The highest BCUT2D eigenvalue weighted by Crippen LogP contribution is 2.42. The number of ether oxygens (including phenoxy) is 2. The molecule has 204 valence electrons. The number of hydrogen-bond acceptors (Lipinski definition) is 7. The summed E-state index contributed by atoms with van der Waals surface area (Å²) >= 11 is 1.51. The van der Waals surface area contributed by atoms with Gasteiger partial charge in [0.15, 0.2) is 0 Å².